The van der Waals surface area contributed by atoms with Gasteiger partial charge in [-0.15, -0.1) is 24.0 Å². The zero-order valence-corrected chi connectivity index (χ0v) is 19.7. The molecule has 144 valence electrons. The van der Waals surface area contributed by atoms with E-state index in [9.17, 15) is 0 Å². The molecule has 0 bridgehead atoms. The summed E-state index contributed by atoms with van der Waals surface area (Å²) in [6, 6.07) is 8.53. The van der Waals surface area contributed by atoms with Crippen LogP contribution in [0.2, 0.25) is 0 Å². The van der Waals surface area contributed by atoms with Crippen molar-refractivity contribution in [1.82, 2.24) is 25.0 Å². The van der Waals surface area contributed by atoms with E-state index in [0.29, 0.717) is 12.5 Å². The van der Waals surface area contributed by atoms with Crippen molar-refractivity contribution in [3.8, 4) is 0 Å². The molecule has 0 spiro atoms. The molecular formula is C18H28BrIN6. The van der Waals surface area contributed by atoms with E-state index in [-0.39, 0.29) is 24.0 Å². The Morgan fingerprint density at radius 2 is 2.19 bits per heavy atom. The first-order chi connectivity index (χ1) is 12.0. The van der Waals surface area contributed by atoms with Crippen LogP contribution in [-0.2, 0) is 20.0 Å². The van der Waals surface area contributed by atoms with Crippen LogP contribution >= 0.6 is 39.9 Å². The normalized spacial score (nSPS) is 12.4. The highest BCUT2D eigenvalue weighted by Gasteiger charge is 2.13. The number of aliphatic imine (C=N–C) groups is 1. The second kappa shape index (κ2) is 11.5. The minimum atomic E-state index is 0. The molecule has 1 atom stereocenters. The fourth-order valence-corrected chi connectivity index (χ4v) is 3.18. The van der Waals surface area contributed by atoms with Crippen LogP contribution in [0.1, 0.15) is 24.7 Å². The summed E-state index contributed by atoms with van der Waals surface area (Å²) in [7, 11) is 5.72. The van der Waals surface area contributed by atoms with E-state index < -0.39 is 0 Å². The Labute approximate surface area is 181 Å². The van der Waals surface area contributed by atoms with Crippen molar-refractivity contribution < 1.29 is 0 Å². The van der Waals surface area contributed by atoms with Crippen LogP contribution < -0.4 is 5.32 Å². The van der Waals surface area contributed by atoms with Crippen LogP contribution in [-0.4, -0.2) is 46.3 Å². The summed E-state index contributed by atoms with van der Waals surface area (Å²) in [5, 5.41) is 7.60. The van der Waals surface area contributed by atoms with Crippen molar-refractivity contribution in [2.24, 2.45) is 18.0 Å². The first kappa shape index (κ1) is 22.9. The molecule has 1 aromatic heterocycles. The maximum Gasteiger partial charge on any atom is 0.193 e. The van der Waals surface area contributed by atoms with Crippen LogP contribution in [0.25, 0.3) is 0 Å². The quantitative estimate of drug-likeness (QED) is 0.336. The van der Waals surface area contributed by atoms with Crippen LogP contribution in [0.3, 0.4) is 0 Å². The van der Waals surface area contributed by atoms with E-state index in [1.165, 1.54) is 5.56 Å². The lowest BCUT2D eigenvalue weighted by Gasteiger charge is -2.24. The van der Waals surface area contributed by atoms with E-state index in [4.69, 9.17) is 0 Å². The molecular weight excluding hydrogens is 507 g/mol. The number of aryl methyl sites for hydroxylation is 1. The van der Waals surface area contributed by atoms with E-state index in [1.54, 1.807) is 11.0 Å². The molecule has 0 saturated carbocycles. The Bertz CT molecular complexity index is 702. The molecule has 0 saturated heterocycles. The largest absolute Gasteiger partial charge is 0.356 e. The van der Waals surface area contributed by atoms with Crippen LogP contribution in [0.15, 0.2) is 40.1 Å². The van der Waals surface area contributed by atoms with Gasteiger partial charge in [-0.1, -0.05) is 41.4 Å². The number of rotatable bonds is 7. The van der Waals surface area contributed by atoms with Gasteiger partial charge in [-0.2, -0.15) is 5.10 Å². The maximum absolute atomic E-state index is 4.39. The molecule has 1 N–H and O–H groups in total. The van der Waals surface area contributed by atoms with Crippen LogP contribution in [0, 0.1) is 5.92 Å². The third kappa shape index (κ3) is 6.86. The second-order valence-corrected chi connectivity index (χ2v) is 7.11. The van der Waals surface area contributed by atoms with Gasteiger partial charge in [0, 0.05) is 32.2 Å². The highest BCUT2D eigenvalue weighted by molar-refractivity contribution is 14.0. The lowest BCUT2D eigenvalue weighted by atomic mass is 9.97. The van der Waals surface area contributed by atoms with Crippen LogP contribution in [0.4, 0.5) is 0 Å². The van der Waals surface area contributed by atoms with Crippen molar-refractivity contribution >= 4 is 45.9 Å². The van der Waals surface area contributed by atoms with Crippen molar-refractivity contribution in [3.05, 3.63) is 46.5 Å². The lowest BCUT2D eigenvalue weighted by molar-refractivity contribution is 0.429. The average Bonchev–Trinajstić information content (AvgIpc) is 2.99. The fraction of sp³-hybridized carbons (Fsp3) is 0.500. The number of halogens is 2. The third-order valence-electron chi connectivity index (χ3n) is 4.30. The molecule has 0 radical (unpaired) electrons. The molecule has 0 aliphatic rings. The summed E-state index contributed by atoms with van der Waals surface area (Å²) >= 11 is 3.55. The van der Waals surface area contributed by atoms with Crippen molar-refractivity contribution in [1.29, 1.82) is 0 Å². The van der Waals surface area contributed by atoms with Gasteiger partial charge in [-0.25, -0.2) is 4.98 Å². The summed E-state index contributed by atoms with van der Waals surface area (Å²) in [6.07, 6.45) is 3.74. The molecule has 1 heterocycles. The Hall–Kier alpha value is -1.16. The van der Waals surface area contributed by atoms with E-state index in [1.807, 2.05) is 21.1 Å². The lowest BCUT2D eigenvalue weighted by Crippen LogP contribution is -2.41. The summed E-state index contributed by atoms with van der Waals surface area (Å²) < 4.78 is 2.92. The van der Waals surface area contributed by atoms with Gasteiger partial charge in [0.1, 0.15) is 12.2 Å². The minimum absolute atomic E-state index is 0. The number of nitrogens with one attached hydrogen (secondary N) is 1. The topological polar surface area (TPSA) is 58.3 Å². The van der Waals surface area contributed by atoms with Crippen molar-refractivity contribution in [2.45, 2.75) is 26.3 Å². The van der Waals surface area contributed by atoms with Gasteiger partial charge in [0.2, 0.25) is 0 Å². The fourth-order valence-electron chi connectivity index (χ4n) is 2.73. The average molecular weight is 535 g/mol. The van der Waals surface area contributed by atoms with E-state index in [0.717, 1.165) is 35.6 Å². The molecule has 0 aliphatic carbocycles. The monoisotopic (exact) mass is 534 g/mol. The Morgan fingerprint density at radius 3 is 2.77 bits per heavy atom. The van der Waals surface area contributed by atoms with Gasteiger partial charge < -0.3 is 10.2 Å². The number of hydrogen-bond acceptors (Lipinski definition) is 3. The van der Waals surface area contributed by atoms with Gasteiger partial charge in [0.05, 0.1) is 6.54 Å². The van der Waals surface area contributed by atoms with Gasteiger partial charge in [-0.05, 0) is 30.0 Å². The van der Waals surface area contributed by atoms with Gasteiger partial charge >= 0.3 is 0 Å². The molecule has 2 aromatic rings. The zero-order chi connectivity index (χ0) is 18.2. The first-order valence-electron chi connectivity index (χ1n) is 8.52. The smallest absolute Gasteiger partial charge is 0.193 e. The third-order valence-corrected chi connectivity index (χ3v) is 4.79. The summed E-state index contributed by atoms with van der Waals surface area (Å²) in [4.78, 5) is 10.7. The number of hydrogen-bond donors (Lipinski definition) is 1. The molecule has 6 nitrogen and oxygen atoms in total. The Balaban J connectivity index is 0.00000338. The summed E-state index contributed by atoms with van der Waals surface area (Å²) in [6.45, 7) is 3.79. The van der Waals surface area contributed by atoms with Gasteiger partial charge in [0.15, 0.2) is 5.96 Å². The number of nitrogens with zero attached hydrogens (tertiary/aromatic N) is 5. The first-order valence-corrected chi connectivity index (χ1v) is 9.31. The van der Waals surface area contributed by atoms with Gasteiger partial charge in [-0.3, -0.25) is 9.67 Å². The van der Waals surface area contributed by atoms with E-state index in [2.05, 4.69) is 72.4 Å². The summed E-state index contributed by atoms with van der Waals surface area (Å²) in [5.74, 6) is 2.33. The molecule has 0 fully saturated rings. The highest BCUT2D eigenvalue weighted by Crippen LogP contribution is 2.16. The molecule has 26 heavy (non-hydrogen) atoms. The molecule has 1 unspecified atom stereocenters. The number of guanidine groups is 1. The molecule has 0 amide bonds. The molecule has 1 aromatic carbocycles. The van der Waals surface area contributed by atoms with Crippen LogP contribution in [0.5, 0.6) is 0 Å². The minimum Gasteiger partial charge on any atom is -0.356 e. The van der Waals surface area contributed by atoms with Crippen molar-refractivity contribution in [2.75, 3.05) is 20.6 Å². The highest BCUT2D eigenvalue weighted by atomic mass is 127. The maximum atomic E-state index is 4.39. The SMILES string of the molecule is CCC(CNC(=NC)N(C)Cc1ncnn1C)Cc1cccc(Br)c1.I. The van der Waals surface area contributed by atoms with Crippen molar-refractivity contribution in [3.63, 3.8) is 0 Å². The molecule has 8 heteroatoms. The Morgan fingerprint density at radius 1 is 1.42 bits per heavy atom. The predicted molar refractivity (Wildman–Crippen MR) is 121 cm³/mol. The standard InChI is InChI=1S/C18H27BrN6.HI/c1-5-14(9-15-7-6-8-16(19)10-15)11-21-18(20-2)24(3)12-17-22-13-23-25(17)4;/h6-8,10,13-14H,5,9,11-12H2,1-4H3,(H,20,21);1H. The molecule has 2 rings (SSSR count). The number of benzene rings is 1. The van der Waals surface area contributed by atoms with E-state index >= 15 is 0 Å². The second-order valence-electron chi connectivity index (χ2n) is 6.19. The number of aromatic nitrogens is 3. The summed E-state index contributed by atoms with van der Waals surface area (Å²) in [5.41, 5.74) is 1.35. The predicted octanol–water partition coefficient (Wildman–Crippen LogP) is 3.47. The molecule has 0 aliphatic heterocycles. The van der Waals surface area contributed by atoms with Gasteiger partial charge in [0.25, 0.3) is 0 Å². The Kier molecular flexibility index (Phi) is 10.1. The zero-order valence-electron chi connectivity index (χ0n) is 15.8.